The molecular formula is C24H32N6OS. The molecule has 3 aromatic rings. The van der Waals surface area contributed by atoms with E-state index in [1.807, 2.05) is 6.92 Å². The summed E-state index contributed by atoms with van der Waals surface area (Å²) in [6.07, 6.45) is 6.26. The molecule has 2 heterocycles. The largest absolute Gasteiger partial charge is 0.385 e. The van der Waals surface area contributed by atoms with Gasteiger partial charge >= 0.3 is 0 Å². The summed E-state index contributed by atoms with van der Waals surface area (Å²) in [4.78, 5) is 23.1. The number of thiophene rings is 1. The molecule has 7 nitrogen and oxygen atoms in total. The van der Waals surface area contributed by atoms with Gasteiger partial charge in [-0.25, -0.2) is 9.97 Å². The second-order valence-corrected chi connectivity index (χ2v) is 9.35. The van der Waals surface area contributed by atoms with E-state index in [1.54, 1.807) is 13.2 Å². The summed E-state index contributed by atoms with van der Waals surface area (Å²) >= 11 is 1.37. The lowest BCUT2D eigenvalue weighted by Gasteiger charge is -2.18. The third kappa shape index (κ3) is 5.55. The molecule has 8 heteroatoms. The first-order valence-corrected chi connectivity index (χ1v) is 12.2. The second-order valence-electron chi connectivity index (χ2n) is 8.35. The van der Waals surface area contributed by atoms with E-state index in [1.165, 1.54) is 29.7 Å². The summed E-state index contributed by atoms with van der Waals surface area (Å²) in [5, 5.41) is 13.4. The van der Waals surface area contributed by atoms with Gasteiger partial charge in [-0.1, -0.05) is 19.1 Å². The van der Waals surface area contributed by atoms with E-state index in [-0.39, 0.29) is 5.91 Å². The van der Waals surface area contributed by atoms with Gasteiger partial charge in [0.05, 0.1) is 11.4 Å². The van der Waals surface area contributed by atoms with E-state index in [0.29, 0.717) is 17.5 Å². The highest BCUT2D eigenvalue weighted by Gasteiger charge is 2.23. The molecule has 1 aromatic carbocycles. The number of nitrogens with one attached hydrogen (secondary N) is 4. The zero-order chi connectivity index (χ0) is 22.5. The van der Waals surface area contributed by atoms with Crippen molar-refractivity contribution in [1.82, 2.24) is 20.6 Å². The van der Waals surface area contributed by atoms with Crippen LogP contribution in [0.4, 0.5) is 11.4 Å². The molecule has 0 bridgehead atoms. The molecule has 1 aliphatic rings. The minimum Gasteiger partial charge on any atom is -0.385 e. The first-order valence-electron chi connectivity index (χ1n) is 11.4. The summed E-state index contributed by atoms with van der Waals surface area (Å²) in [5.41, 5.74) is 4.66. The molecule has 0 unspecified atom stereocenters. The average molecular weight is 453 g/mol. The number of carbonyl (C=O) groups is 1. The van der Waals surface area contributed by atoms with E-state index in [2.05, 4.69) is 62.4 Å². The predicted octanol–water partition coefficient (Wildman–Crippen LogP) is 3.96. The quantitative estimate of drug-likeness (QED) is 0.352. The molecule has 4 rings (SSSR count). The molecule has 32 heavy (non-hydrogen) atoms. The van der Waals surface area contributed by atoms with Crippen molar-refractivity contribution < 1.29 is 4.79 Å². The van der Waals surface area contributed by atoms with Crippen molar-refractivity contribution >= 4 is 39.0 Å². The van der Waals surface area contributed by atoms with E-state index < -0.39 is 0 Å². The van der Waals surface area contributed by atoms with Crippen LogP contribution in [-0.2, 0) is 6.42 Å². The maximum absolute atomic E-state index is 12.8. The van der Waals surface area contributed by atoms with Crippen molar-refractivity contribution in [3.8, 4) is 0 Å². The molecule has 0 spiro atoms. The number of amides is 1. The summed E-state index contributed by atoms with van der Waals surface area (Å²) in [7, 11) is 1.81. The number of hydrogen-bond donors (Lipinski definition) is 4. The highest BCUT2D eigenvalue weighted by Crippen LogP contribution is 2.33. The fourth-order valence-electron chi connectivity index (χ4n) is 3.68. The molecule has 4 N–H and O–H groups in total. The lowest BCUT2D eigenvalue weighted by molar-refractivity contribution is 0.0959. The molecule has 0 aliphatic heterocycles. The molecule has 1 aliphatic carbocycles. The topological polar surface area (TPSA) is 91.0 Å². The van der Waals surface area contributed by atoms with Gasteiger partial charge in [0.25, 0.3) is 5.91 Å². The van der Waals surface area contributed by atoms with Crippen LogP contribution in [0.25, 0.3) is 10.3 Å². The van der Waals surface area contributed by atoms with E-state index >= 15 is 0 Å². The molecule has 1 fully saturated rings. The molecule has 0 saturated heterocycles. The van der Waals surface area contributed by atoms with Crippen LogP contribution in [0.15, 0.2) is 30.5 Å². The van der Waals surface area contributed by atoms with Crippen molar-refractivity contribution in [3.63, 3.8) is 0 Å². The SMILES string of the molecule is CC[C@@H](CNc1ccc(CCNC(=O)c2sc3nc(C)cnc3c2NC)cc1)NC1CC1. The van der Waals surface area contributed by atoms with Crippen molar-refractivity contribution in [2.45, 2.75) is 51.6 Å². The predicted molar refractivity (Wildman–Crippen MR) is 133 cm³/mol. The van der Waals surface area contributed by atoms with Gasteiger partial charge in [0.1, 0.15) is 15.2 Å². The van der Waals surface area contributed by atoms with Crippen LogP contribution in [0.1, 0.15) is 47.1 Å². The fraction of sp³-hybridized carbons (Fsp3) is 0.458. The lowest BCUT2D eigenvalue weighted by Crippen LogP contribution is -2.36. The summed E-state index contributed by atoms with van der Waals surface area (Å²) in [6, 6.07) is 9.73. The Balaban J connectivity index is 1.28. The molecule has 0 radical (unpaired) electrons. The molecule has 1 atom stereocenters. The minimum atomic E-state index is -0.0936. The Labute approximate surface area is 193 Å². The highest BCUT2D eigenvalue weighted by molar-refractivity contribution is 7.21. The third-order valence-electron chi connectivity index (χ3n) is 5.73. The van der Waals surface area contributed by atoms with Crippen molar-refractivity contribution in [3.05, 3.63) is 46.6 Å². The Kier molecular flexibility index (Phi) is 7.22. The highest BCUT2D eigenvalue weighted by atomic mass is 32.1. The van der Waals surface area contributed by atoms with E-state index in [9.17, 15) is 4.79 Å². The van der Waals surface area contributed by atoms with Gasteiger partial charge in [0.15, 0.2) is 0 Å². The lowest BCUT2D eigenvalue weighted by atomic mass is 10.1. The average Bonchev–Trinajstić information content (AvgIpc) is 3.55. The summed E-state index contributed by atoms with van der Waals surface area (Å²) < 4.78 is 0. The molecule has 1 saturated carbocycles. The number of nitrogens with zero attached hydrogens (tertiary/aromatic N) is 2. The zero-order valence-corrected chi connectivity index (χ0v) is 19.8. The number of rotatable bonds is 11. The van der Waals surface area contributed by atoms with Gasteiger partial charge in [-0.15, -0.1) is 11.3 Å². The van der Waals surface area contributed by atoms with Gasteiger partial charge in [-0.05, 0) is 50.3 Å². The maximum Gasteiger partial charge on any atom is 0.263 e. The van der Waals surface area contributed by atoms with Crippen LogP contribution < -0.4 is 21.3 Å². The fourth-order valence-corrected chi connectivity index (χ4v) is 4.78. The monoisotopic (exact) mass is 452 g/mol. The zero-order valence-electron chi connectivity index (χ0n) is 19.0. The van der Waals surface area contributed by atoms with Crippen molar-refractivity contribution in [2.75, 3.05) is 30.8 Å². The van der Waals surface area contributed by atoms with Crippen molar-refractivity contribution in [1.29, 1.82) is 0 Å². The van der Waals surface area contributed by atoms with Gasteiger partial charge in [0, 0.05) is 44.1 Å². The first kappa shape index (κ1) is 22.5. The maximum atomic E-state index is 12.8. The Hall–Kier alpha value is -2.71. The molecule has 1 amide bonds. The molecular weight excluding hydrogens is 420 g/mol. The smallest absolute Gasteiger partial charge is 0.263 e. The minimum absolute atomic E-state index is 0.0936. The number of aryl methyl sites for hydroxylation is 1. The van der Waals surface area contributed by atoms with Crippen LogP contribution in [0, 0.1) is 6.92 Å². The van der Waals surface area contributed by atoms with Gasteiger partial charge in [-0.2, -0.15) is 0 Å². The van der Waals surface area contributed by atoms with Crippen LogP contribution in [0.3, 0.4) is 0 Å². The van der Waals surface area contributed by atoms with Gasteiger partial charge < -0.3 is 21.3 Å². The number of anilines is 2. The van der Waals surface area contributed by atoms with Crippen LogP contribution >= 0.6 is 11.3 Å². The first-order chi connectivity index (χ1) is 15.6. The summed E-state index contributed by atoms with van der Waals surface area (Å²) in [6.45, 7) is 5.64. The Morgan fingerprint density at radius 3 is 2.72 bits per heavy atom. The standard InChI is InChI=1S/C24H32N6OS/c1-4-17(30-19-9-10-19)14-27-18-7-5-16(6-8-18)11-12-26-23(31)22-20(25-3)21-24(32-22)29-15(2)13-28-21/h5-8,13,17,19,25,27,30H,4,9-12,14H2,1-3H3,(H,26,31)/t17-/m0/s1. The van der Waals surface area contributed by atoms with Crippen LogP contribution in [0.5, 0.6) is 0 Å². The Morgan fingerprint density at radius 1 is 1.25 bits per heavy atom. The molecule has 2 aromatic heterocycles. The second kappa shape index (κ2) is 10.3. The van der Waals surface area contributed by atoms with Gasteiger partial charge in [-0.3, -0.25) is 4.79 Å². The Morgan fingerprint density at radius 2 is 2.03 bits per heavy atom. The number of aromatic nitrogens is 2. The number of benzene rings is 1. The van der Waals surface area contributed by atoms with Gasteiger partial charge in [0.2, 0.25) is 0 Å². The normalized spacial score (nSPS) is 14.3. The van der Waals surface area contributed by atoms with Crippen molar-refractivity contribution in [2.24, 2.45) is 0 Å². The summed E-state index contributed by atoms with van der Waals surface area (Å²) in [5.74, 6) is -0.0936. The third-order valence-corrected chi connectivity index (χ3v) is 6.80. The molecule has 170 valence electrons. The Bertz CT molecular complexity index is 1060. The van der Waals surface area contributed by atoms with E-state index in [4.69, 9.17) is 0 Å². The van der Waals surface area contributed by atoms with Crippen LogP contribution in [-0.4, -0.2) is 48.1 Å². The van der Waals surface area contributed by atoms with Crippen LogP contribution in [0.2, 0.25) is 0 Å². The van der Waals surface area contributed by atoms with E-state index in [0.717, 1.165) is 52.8 Å². The number of hydrogen-bond acceptors (Lipinski definition) is 7. The number of fused-ring (bicyclic) bond motifs is 1. The number of carbonyl (C=O) groups excluding carboxylic acids is 1.